The van der Waals surface area contributed by atoms with E-state index in [2.05, 4.69) is 41.5 Å². The highest BCUT2D eigenvalue weighted by molar-refractivity contribution is 5.76. The fraction of sp³-hybridized carbons (Fsp3) is 0.381. The van der Waals surface area contributed by atoms with Gasteiger partial charge in [-0.1, -0.05) is 50.2 Å². The van der Waals surface area contributed by atoms with Crippen molar-refractivity contribution in [2.45, 2.75) is 33.4 Å². The number of nitrogens with one attached hydrogen (secondary N) is 2. The molecule has 0 aromatic heterocycles. The molecular weight excluding hydrogens is 356 g/mol. The van der Waals surface area contributed by atoms with Crippen LogP contribution in [0.5, 0.6) is 0 Å². The maximum absolute atomic E-state index is 12.0. The number of hydrogen-bond donors (Lipinski definition) is 2. The van der Waals surface area contributed by atoms with Crippen molar-refractivity contribution >= 4 is 17.3 Å². The lowest BCUT2D eigenvalue weighted by Crippen LogP contribution is -2.25. The first-order chi connectivity index (χ1) is 13.5. The Labute approximate surface area is 165 Å². The van der Waals surface area contributed by atoms with Gasteiger partial charge in [0, 0.05) is 32.1 Å². The van der Waals surface area contributed by atoms with Crippen molar-refractivity contribution in [3.05, 3.63) is 69.8 Å². The van der Waals surface area contributed by atoms with E-state index < -0.39 is 4.92 Å². The molecule has 0 atom stereocenters. The predicted octanol–water partition coefficient (Wildman–Crippen LogP) is 3.56. The van der Waals surface area contributed by atoms with Crippen LogP contribution in [0.15, 0.2) is 48.5 Å². The molecule has 0 saturated carbocycles. The van der Waals surface area contributed by atoms with Gasteiger partial charge in [0.15, 0.2) is 0 Å². The van der Waals surface area contributed by atoms with Gasteiger partial charge in [0.25, 0.3) is 5.69 Å². The third-order valence-electron chi connectivity index (χ3n) is 4.58. The number of carbonyl (C=O) groups is 1. The average Bonchev–Trinajstić information content (AvgIpc) is 2.71. The smallest absolute Gasteiger partial charge is 0.292 e. The van der Waals surface area contributed by atoms with Crippen LogP contribution in [0.3, 0.4) is 0 Å². The predicted molar refractivity (Wildman–Crippen MR) is 111 cm³/mol. The van der Waals surface area contributed by atoms with Gasteiger partial charge < -0.3 is 10.6 Å². The molecule has 0 unspecified atom stereocenters. The lowest BCUT2D eigenvalue weighted by Gasteiger charge is -2.18. The molecule has 2 N–H and O–H groups in total. The number of carbonyl (C=O) groups excluding carboxylic acids is 1. The van der Waals surface area contributed by atoms with Crippen LogP contribution in [-0.2, 0) is 17.9 Å². The zero-order chi connectivity index (χ0) is 20.4. The summed E-state index contributed by atoms with van der Waals surface area (Å²) in [5.74, 6) is -0.0988. The summed E-state index contributed by atoms with van der Waals surface area (Å²) in [7, 11) is 0. The van der Waals surface area contributed by atoms with E-state index in [1.54, 1.807) is 18.2 Å². The van der Waals surface area contributed by atoms with Gasteiger partial charge in [0.1, 0.15) is 5.69 Å². The molecule has 2 aromatic carbocycles. The van der Waals surface area contributed by atoms with Crippen molar-refractivity contribution in [1.82, 2.24) is 10.2 Å². The zero-order valence-electron chi connectivity index (χ0n) is 16.5. The van der Waals surface area contributed by atoms with E-state index in [1.807, 2.05) is 12.1 Å². The molecule has 2 aromatic rings. The minimum absolute atomic E-state index is 0.00714. The second-order valence-corrected chi connectivity index (χ2v) is 6.51. The molecule has 0 spiro atoms. The van der Waals surface area contributed by atoms with Gasteiger partial charge in [-0.3, -0.25) is 19.8 Å². The van der Waals surface area contributed by atoms with E-state index in [9.17, 15) is 14.9 Å². The number of nitro benzene ring substituents is 1. The van der Waals surface area contributed by atoms with Crippen LogP contribution >= 0.6 is 0 Å². The second kappa shape index (κ2) is 11.0. The average molecular weight is 384 g/mol. The Hall–Kier alpha value is -2.93. The molecule has 150 valence electrons. The standard InChI is InChI=1S/C21H28N4O3/c1-3-24(4-2)16-18-11-9-17(10-12-18)15-23-21(26)13-14-22-19-7-5-6-8-20(19)25(27)28/h5-12,22H,3-4,13-16H2,1-2H3,(H,23,26). The Morgan fingerprint density at radius 3 is 2.32 bits per heavy atom. The van der Waals surface area contributed by atoms with Gasteiger partial charge in [-0.15, -0.1) is 0 Å². The third-order valence-corrected chi connectivity index (χ3v) is 4.58. The molecule has 0 aliphatic heterocycles. The van der Waals surface area contributed by atoms with E-state index in [-0.39, 0.29) is 18.0 Å². The van der Waals surface area contributed by atoms with Crippen LogP contribution in [0.1, 0.15) is 31.4 Å². The Morgan fingerprint density at radius 1 is 1.04 bits per heavy atom. The van der Waals surface area contributed by atoms with E-state index in [1.165, 1.54) is 11.6 Å². The van der Waals surface area contributed by atoms with Crippen LogP contribution < -0.4 is 10.6 Å². The number of amides is 1. The summed E-state index contributed by atoms with van der Waals surface area (Å²) in [4.78, 5) is 24.9. The summed E-state index contributed by atoms with van der Waals surface area (Å²) in [5, 5.41) is 16.8. The topological polar surface area (TPSA) is 87.5 Å². The van der Waals surface area contributed by atoms with Crippen LogP contribution in [0.2, 0.25) is 0 Å². The Balaban J connectivity index is 1.75. The fourth-order valence-electron chi connectivity index (χ4n) is 2.85. The van der Waals surface area contributed by atoms with Crippen molar-refractivity contribution in [2.24, 2.45) is 0 Å². The summed E-state index contributed by atoms with van der Waals surface area (Å²) < 4.78 is 0. The highest BCUT2D eigenvalue weighted by Gasteiger charge is 2.12. The number of hydrogen-bond acceptors (Lipinski definition) is 5. The maximum atomic E-state index is 12.0. The maximum Gasteiger partial charge on any atom is 0.292 e. The summed E-state index contributed by atoms with van der Waals surface area (Å²) in [6.07, 6.45) is 0.242. The van der Waals surface area contributed by atoms with E-state index in [0.29, 0.717) is 18.8 Å². The minimum atomic E-state index is -0.438. The third kappa shape index (κ3) is 6.66. The van der Waals surface area contributed by atoms with Crippen LogP contribution in [0.25, 0.3) is 0 Å². The van der Waals surface area contributed by atoms with Crippen molar-refractivity contribution in [1.29, 1.82) is 0 Å². The molecule has 0 bridgehead atoms. The zero-order valence-corrected chi connectivity index (χ0v) is 16.5. The van der Waals surface area contributed by atoms with Crippen molar-refractivity contribution in [2.75, 3.05) is 25.0 Å². The SMILES string of the molecule is CCN(CC)Cc1ccc(CNC(=O)CCNc2ccccc2[N+](=O)[O-])cc1. The second-order valence-electron chi connectivity index (χ2n) is 6.51. The Kier molecular flexibility index (Phi) is 8.42. The lowest BCUT2D eigenvalue weighted by atomic mass is 10.1. The molecule has 0 aliphatic rings. The van der Waals surface area contributed by atoms with Crippen molar-refractivity contribution in [3.8, 4) is 0 Å². The molecule has 0 saturated heterocycles. The van der Waals surface area contributed by atoms with E-state index in [4.69, 9.17) is 0 Å². The molecule has 1 amide bonds. The highest BCUT2D eigenvalue weighted by Crippen LogP contribution is 2.22. The summed E-state index contributed by atoms with van der Waals surface area (Å²) in [6.45, 7) is 8.08. The number of para-hydroxylation sites is 2. The number of nitro groups is 1. The Bertz CT molecular complexity index is 773. The largest absolute Gasteiger partial charge is 0.379 e. The Morgan fingerprint density at radius 2 is 1.68 bits per heavy atom. The lowest BCUT2D eigenvalue weighted by molar-refractivity contribution is -0.384. The van der Waals surface area contributed by atoms with Crippen molar-refractivity contribution < 1.29 is 9.72 Å². The van der Waals surface area contributed by atoms with Gasteiger partial charge >= 0.3 is 0 Å². The fourth-order valence-corrected chi connectivity index (χ4v) is 2.85. The van der Waals surface area contributed by atoms with Crippen LogP contribution in [-0.4, -0.2) is 35.4 Å². The molecule has 7 nitrogen and oxygen atoms in total. The monoisotopic (exact) mass is 384 g/mol. The van der Waals surface area contributed by atoms with Crippen LogP contribution in [0.4, 0.5) is 11.4 Å². The summed E-state index contributed by atoms with van der Waals surface area (Å²) in [5.41, 5.74) is 2.73. The number of rotatable bonds is 11. The van der Waals surface area contributed by atoms with Crippen LogP contribution in [0, 0.1) is 10.1 Å². The first-order valence-corrected chi connectivity index (χ1v) is 9.57. The summed E-state index contributed by atoms with van der Waals surface area (Å²) >= 11 is 0. The highest BCUT2D eigenvalue weighted by atomic mass is 16.6. The molecule has 0 heterocycles. The summed E-state index contributed by atoms with van der Waals surface area (Å²) in [6, 6.07) is 14.7. The number of nitrogens with zero attached hydrogens (tertiary/aromatic N) is 2. The first kappa shape index (κ1) is 21.4. The van der Waals surface area contributed by atoms with Crippen molar-refractivity contribution in [3.63, 3.8) is 0 Å². The quantitative estimate of drug-likeness (QED) is 0.457. The molecule has 2 rings (SSSR count). The van der Waals surface area contributed by atoms with E-state index in [0.717, 1.165) is 25.2 Å². The number of anilines is 1. The van der Waals surface area contributed by atoms with Gasteiger partial charge in [-0.2, -0.15) is 0 Å². The van der Waals surface area contributed by atoms with Gasteiger partial charge in [0.05, 0.1) is 4.92 Å². The minimum Gasteiger partial charge on any atom is -0.379 e. The number of benzene rings is 2. The first-order valence-electron chi connectivity index (χ1n) is 9.57. The molecule has 0 aliphatic carbocycles. The molecule has 0 radical (unpaired) electrons. The normalized spacial score (nSPS) is 10.7. The van der Waals surface area contributed by atoms with Gasteiger partial charge in [-0.25, -0.2) is 0 Å². The molecular formula is C21H28N4O3. The van der Waals surface area contributed by atoms with E-state index >= 15 is 0 Å². The van der Waals surface area contributed by atoms with Gasteiger partial charge in [0.2, 0.25) is 5.91 Å². The molecule has 0 fully saturated rings. The molecule has 28 heavy (non-hydrogen) atoms. The molecule has 7 heteroatoms. The van der Waals surface area contributed by atoms with Gasteiger partial charge in [-0.05, 0) is 30.3 Å².